The van der Waals surface area contributed by atoms with Crippen LogP contribution in [0.25, 0.3) is 0 Å². The zero-order valence-corrected chi connectivity index (χ0v) is 8.31. The van der Waals surface area contributed by atoms with E-state index in [2.05, 4.69) is 4.98 Å². The minimum atomic E-state index is -0.347. The second kappa shape index (κ2) is 4.76. The molecule has 1 aromatic heterocycles. The van der Waals surface area contributed by atoms with Crippen molar-refractivity contribution in [2.24, 2.45) is 5.73 Å². The maximum absolute atomic E-state index is 10.8. The van der Waals surface area contributed by atoms with E-state index in [0.29, 0.717) is 12.4 Å². The third kappa shape index (κ3) is 2.85. The number of Topliss-reactive ketones (excluding diaryl/α,β-unsaturated/α-hetero) is 1. The molecule has 0 bridgehead atoms. The smallest absolute Gasteiger partial charge is 0.200 e. The third-order valence-corrected chi connectivity index (χ3v) is 2.18. The molecule has 1 rings (SSSR count). The van der Waals surface area contributed by atoms with Crippen LogP contribution in [-0.4, -0.2) is 21.4 Å². The number of aromatic nitrogens is 2. The summed E-state index contributed by atoms with van der Waals surface area (Å²) < 4.78 is 1.84. The summed E-state index contributed by atoms with van der Waals surface area (Å²) in [5.41, 5.74) is 11.2. The van der Waals surface area contributed by atoms with Crippen LogP contribution in [0, 0.1) is 0 Å². The van der Waals surface area contributed by atoms with Gasteiger partial charge in [-0.1, -0.05) is 0 Å². The van der Waals surface area contributed by atoms with Crippen molar-refractivity contribution >= 4 is 11.7 Å². The van der Waals surface area contributed by atoms with Gasteiger partial charge in [0.1, 0.15) is 5.78 Å². The lowest BCUT2D eigenvalue weighted by atomic mass is 10.1. The molecule has 0 aliphatic heterocycles. The number of hydrogen-bond donors (Lipinski definition) is 2. The highest BCUT2D eigenvalue weighted by Crippen LogP contribution is 2.03. The summed E-state index contributed by atoms with van der Waals surface area (Å²) in [6.45, 7) is 2.27. The standard InChI is InChI=1S/C9H16N4O/c1-7(14)8(10)3-2-5-13-6-4-12-9(13)11/h4,6,8H,2-3,5,10H2,1H3,(H2,11,12)/t8-/m1/s1. The normalized spacial score (nSPS) is 12.7. The van der Waals surface area contributed by atoms with Gasteiger partial charge in [-0.2, -0.15) is 0 Å². The Bertz CT molecular complexity index is 308. The van der Waals surface area contributed by atoms with E-state index in [0.717, 1.165) is 13.0 Å². The van der Waals surface area contributed by atoms with Gasteiger partial charge >= 0.3 is 0 Å². The maximum Gasteiger partial charge on any atom is 0.200 e. The van der Waals surface area contributed by atoms with Crippen LogP contribution < -0.4 is 11.5 Å². The fourth-order valence-electron chi connectivity index (χ4n) is 1.21. The van der Waals surface area contributed by atoms with Crippen molar-refractivity contribution in [1.82, 2.24) is 9.55 Å². The fourth-order valence-corrected chi connectivity index (χ4v) is 1.21. The Labute approximate surface area is 83.1 Å². The molecular weight excluding hydrogens is 180 g/mol. The van der Waals surface area contributed by atoms with E-state index >= 15 is 0 Å². The number of aryl methyl sites for hydroxylation is 1. The number of nitrogens with two attached hydrogens (primary N) is 2. The Morgan fingerprint density at radius 3 is 2.93 bits per heavy atom. The topological polar surface area (TPSA) is 86.9 Å². The van der Waals surface area contributed by atoms with Crippen LogP contribution in [0.15, 0.2) is 12.4 Å². The molecule has 0 aliphatic carbocycles. The number of carbonyl (C=O) groups is 1. The predicted octanol–water partition coefficient (Wildman–Crippen LogP) is 0.162. The van der Waals surface area contributed by atoms with Gasteiger partial charge in [0.15, 0.2) is 5.95 Å². The SMILES string of the molecule is CC(=O)[C@H](N)CCCn1ccnc1N. The van der Waals surface area contributed by atoms with Gasteiger partial charge < -0.3 is 16.0 Å². The molecule has 1 atom stereocenters. The van der Waals surface area contributed by atoms with Crippen molar-refractivity contribution < 1.29 is 4.79 Å². The predicted molar refractivity (Wildman–Crippen MR) is 54.5 cm³/mol. The summed E-state index contributed by atoms with van der Waals surface area (Å²) in [5, 5.41) is 0. The van der Waals surface area contributed by atoms with E-state index in [1.807, 2.05) is 10.8 Å². The van der Waals surface area contributed by atoms with Crippen molar-refractivity contribution in [3.63, 3.8) is 0 Å². The first kappa shape index (κ1) is 10.7. The van der Waals surface area contributed by atoms with Crippen molar-refractivity contribution in [2.75, 3.05) is 5.73 Å². The van der Waals surface area contributed by atoms with Crippen molar-refractivity contribution in [2.45, 2.75) is 32.4 Å². The van der Waals surface area contributed by atoms with Crippen LogP contribution in [0.2, 0.25) is 0 Å². The molecule has 0 aliphatic rings. The summed E-state index contributed by atoms with van der Waals surface area (Å²) in [7, 11) is 0. The molecular formula is C9H16N4O. The van der Waals surface area contributed by atoms with E-state index in [-0.39, 0.29) is 11.8 Å². The van der Waals surface area contributed by atoms with Gasteiger partial charge in [0.25, 0.3) is 0 Å². The second-order valence-corrected chi connectivity index (χ2v) is 3.34. The molecule has 78 valence electrons. The van der Waals surface area contributed by atoms with Crippen molar-refractivity contribution in [3.05, 3.63) is 12.4 Å². The Hall–Kier alpha value is -1.36. The minimum absolute atomic E-state index is 0.0311. The molecule has 4 N–H and O–H groups in total. The zero-order valence-electron chi connectivity index (χ0n) is 8.31. The lowest BCUT2D eigenvalue weighted by Gasteiger charge is -2.08. The highest BCUT2D eigenvalue weighted by Gasteiger charge is 2.07. The summed E-state index contributed by atoms with van der Waals surface area (Å²) in [6.07, 6.45) is 4.99. The van der Waals surface area contributed by atoms with E-state index in [9.17, 15) is 4.79 Å². The molecule has 5 heteroatoms. The third-order valence-electron chi connectivity index (χ3n) is 2.18. The number of nitrogen functional groups attached to an aromatic ring is 1. The highest BCUT2D eigenvalue weighted by molar-refractivity contribution is 5.80. The Balaban J connectivity index is 2.29. The molecule has 0 fully saturated rings. The molecule has 0 radical (unpaired) electrons. The molecule has 1 heterocycles. The van der Waals surface area contributed by atoms with Crippen LogP contribution in [0.5, 0.6) is 0 Å². The minimum Gasteiger partial charge on any atom is -0.369 e. The Kier molecular flexibility index (Phi) is 3.64. The first-order valence-electron chi connectivity index (χ1n) is 4.64. The van der Waals surface area contributed by atoms with E-state index in [1.54, 1.807) is 6.20 Å². The van der Waals surface area contributed by atoms with E-state index in [4.69, 9.17) is 11.5 Å². The molecule has 14 heavy (non-hydrogen) atoms. The molecule has 0 saturated carbocycles. The van der Waals surface area contributed by atoms with Crippen molar-refractivity contribution in [1.29, 1.82) is 0 Å². The van der Waals surface area contributed by atoms with Gasteiger partial charge in [-0.3, -0.25) is 4.79 Å². The summed E-state index contributed by atoms with van der Waals surface area (Å²) >= 11 is 0. The largest absolute Gasteiger partial charge is 0.369 e. The quantitative estimate of drug-likeness (QED) is 0.702. The average Bonchev–Trinajstić information content (AvgIpc) is 2.51. The molecule has 0 saturated heterocycles. The maximum atomic E-state index is 10.8. The van der Waals surface area contributed by atoms with Crippen LogP contribution in [0.4, 0.5) is 5.95 Å². The number of ketones is 1. The highest BCUT2D eigenvalue weighted by atomic mass is 16.1. The molecule has 0 aromatic carbocycles. The number of rotatable bonds is 5. The second-order valence-electron chi connectivity index (χ2n) is 3.34. The first-order chi connectivity index (χ1) is 6.61. The average molecular weight is 196 g/mol. The van der Waals surface area contributed by atoms with E-state index in [1.165, 1.54) is 6.92 Å². The van der Waals surface area contributed by atoms with Gasteiger partial charge in [0, 0.05) is 18.9 Å². The van der Waals surface area contributed by atoms with Crippen LogP contribution in [0.1, 0.15) is 19.8 Å². The summed E-state index contributed by atoms with van der Waals surface area (Å²) in [5.74, 6) is 0.532. The first-order valence-corrected chi connectivity index (χ1v) is 4.64. The van der Waals surface area contributed by atoms with Crippen molar-refractivity contribution in [3.8, 4) is 0 Å². The number of nitrogens with zero attached hydrogens (tertiary/aromatic N) is 2. The fraction of sp³-hybridized carbons (Fsp3) is 0.556. The molecule has 1 aromatic rings. The van der Waals surface area contributed by atoms with Gasteiger partial charge in [-0.05, 0) is 19.8 Å². The van der Waals surface area contributed by atoms with Gasteiger partial charge in [0.2, 0.25) is 0 Å². The monoisotopic (exact) mass is 196 g/mol. The number of carbonyl (C=O) groups excluding carboxylic acids is 1. The number of imidazole rings is 1. The molecule has 0 unspecified atom stereocenters. The number of hydrogen-bond acceptors (Lipinski definition) is 4. The molecule has 5 nitrogen and oxygen atoms in total. The van der Waals surface area contributed by atoms with E-state index < -0.39 is 0 Å². The van der Waals surface area contributed by atoms with Crippen LogP contribution >= 0.6 is 0 Å². The summed E-state index contributed by atoms with van der Waals surface area (Å²) in [6, 6.07) is -0.347. The number of anilines is 1. The van der Waals surface area contributed by atoms with Gasteiger partial charge in [-0.25, -0.2) is 4.98 Å². The lowest BCUT2D eigenvalue weighted by molar-refractivity contribution is -0.118. The lowest BCUT2D eigenvalue weighted by Crippen LogP contribution is -2.28. The Morgan fingerprint density at radius 1 is 1.71 bits per heavy atom. The van der Waals surface area contributed by atoms with Gasteiger partial charge in [0.05, 0.1) is 6.04 Å². The van der Waals surface area contributed by atoms with Crippen LogP contribution in [-0.2, 0) is 11.3 Å². The van der Waals surface area contributed by atoms with Crippen LogP contribution in [0.3, 0.4) is 0 Å². The van der Waals surface area contributed by atoms with Gasteiger partial charge in [-0.15, -0.1) is 0 Å². The Morgan fingerprint density at radius 2 is 2.43 bits per heavy atom. The zero-order chi connectivity index (χ0) is 10.6. The molecule has 0 spiro atoms. The molecule has 0 amide bonds. The summed E-state index contributed by atoms with van der Waals surface area (Å²) in [4.78, 5) is 14.7.